The average Bonchev–Trinajstić information content (AvgIpc) is 3.66. The summed E-state index contributed by atoms with van der Waals surface area (Å²) in [5.74, 6) is 0.561. The van der Waals surface area contributed by atoms with Crippen molar-refractivity contribution < 1.29 is 31.1 Å². The number of guanidine groups is 1. The van der Waals surface area contributed by atoms with Crippen LogP contribution in [0.15, 0.2) is 29.4 Å². The van der Waals surface area contributed by atoms with Crippen LogP contribution in [0.5, 0.6) is 0 Å². The first-order valence-electron chi connectivity index (χ1n) is 13.9. The minimum absolute atomic E-state index is 0.0567. The molecule has 1 amide bonds. The van der Waals surface area contributed by atoms with E-state index >= 15 is 0 Å². The Labute approximate surface area is 249 Å². The van der Waals surface area contributed by atoms with Crippen molar-refractivity contribution in [3.8, 4) is 0 Å². The molecule has 1 atom stereocenters. The standard InChI is InChI=1S/C28H33F6N9O/c1-15-23-11-20(24(35-25(23)39(4)36-15)43(17(3)44)16(2)19-7-8-19)14-42(26-37-40(5)41(6)38-26)13-18-9-21(27(29,30)31)12-22(10-18)28(32,33)34/h9-12,16,19H,7-8,13-14H2,1-6H3,(H,37,38)/t16-/m1/s1. The van der Waals surface area contributed by atoms with Gasteiger partial charge in [0.15, 0.2) is 5.65 Å². The zero-order valence-electron chi connectivity index (χ0n) is 25.0. The zero-order chi connectivity index (χ0) is 32.3. The van der Waals surface area contributed by atoms with Crippen LogP contribution >= 0.6 is 0 Å². The molecule has 0 radical (unpaired) electrons. The lowest BCUT2D eigenvalue weighted by Crippen LogP contribution is -2.45. The van der Waals surface area contributed by atoms with E-state index in [2.05, 4.69) is 15.6 Å². The summed E-state index contributed by atoms with van der Waals surface area (Å²) in [7, 11) is 5.00. The van der Waals surface area contributed by atoms with Gasteiger partial charge in [-0.15, -0.1) is 10.2 Å². The van der Waals surface area contributed by atoms with Crippen molar-refractivity contribution in [2.45, 2.75) is 65.1 Å². The predicted molar refractivity (Wildman–Crippen MR) is 150 cm³/mol. The van der Waals surface area contributed by atoms with Gasteiger partial charge in [-0.1, -0.05) is 0 Å². The molecule has 16 heteroatoms. The van der Waals surface area contributed by atoms with E-state index in [0.29, 0.717) is 40.2 Å². The summed E-state index contributed by atoms with van der Waals surface area (Å²) in [6, 6.07) is 3.15. The lowest BCUT2D eigenvalue weighted by Gasteiger charge is -2.31. The average molecular weight is 626 g/mol. The van der Waals surface area contributed by atoms with E-state index in [-0.39, 0.29) is 48.5 Å². The molecule has 1 aromatic carbocycles. The molecule has 0 spiro atoms. The Morgan fingerprint density at radius 1 is 1.02 bits per heavy atom. The maximum Gasteiger partial charge on any atom is 0.416 e. The number of amides is 1. The number of hydrogen-bond donors (Lipinski definition) is 1. The van der Waals surface area contributed by atoms with E-state index in [9.17, 15) is 31.1 Å². The van der Waals surface area contributed by atoms with Crippen LogP contribution in [0, 0.1) is 12.8 Å². The Bertz CT molecular complexity index is 1580. The SMILES string of the molecule is CC(=O)N(c1nc2c(cc1CN(Cc1cc(C(F)(F)F)cc(C(F)(F)F)c1)C1=NN(C)N(C)N1)c(C)nn2C)[C@H](C)C1CC1. The fourth-order valence-electron chi connectivity index (χ4n) is 5.44. The number of benzene rings is 1. The van der Waals surface area contributed by atoms with Gasteiger partial charge < -0.3 is 4.90 Å². The summed E-state index contributed by atoms with van der Waals surface area (Å²) < 4.78 is 83.7. The van der Waals surface area contributed by atoms with Crippen LogP contribution in [-0.4, -0.2) is 61.9 Å². The van der Waals surface area contributed by atoms with Gasteiger partial charge in [0, 0.05) is 58.1 Å². The summed E-state index contributed by atoms with van der Waals surface area (Å²) in [6.45, 7) is 4.75. The van der Waals surface area contributed by atoms with E-state index in [4.69, 9.17) is 4.98 Å². The van der Waals surface area contributed by atoms with Crippen LogP contribution in [0.3, 0.4) is 0 Å². The third-order valence-electron chi connectivity index (χ3n) is 7.95. The summed E-state index contributed by atoms with van der Waals surface area (Å²) in [5.41, 5.74) is 1.67. The van der Waals surface area contributed by atoms with E-state index < -0.39 is 23.5 Å². The summed E-state index contributed by atoms with van der Waals surface area (Å²) >= 11 is 0. The maximum atomic E-state index is 13.7. The van der Waals surface area contributed by atoms with Gasteiger partial charge >= 0.3 is 12.4 Å². The molecular weight excluding hydrogens is 592 g/mol. The van der Waals surface area contributed by atoms with Crippen LogP contribution in [-0.2, 0) is 37.3 Å². The third-order valence-corrected chi connectivity index (χ3v) is 7.95. The quantitative estimate of drug-likeness (QED) is 0.369. The van der Waals surface area contributed by atoms with Crippen molar-refractivity contribution in [1.29, 1.82) is 0 Å². The molecule has 3 heterocycles. The number of aromatic nitrogens is 3. The first-order valence-corrected chi connectivity index (χ1v) is 13.9. The minimum atomic E-state index is -4.99. The first-order chi connectivity index (χ1) is 20.4. The summed E-state index contributed by atoms with van der Waals surface area (Å²) in [4.78, 5) is 21.1. The van der Waals surface area contributed by atoms with Gasteiger partial charge in [-0.05, 0) is 62.4 Å². The van der Waals surface area contributed by atoms with Crippen molar-refractivity contribution in [3.05, 3.63) is 52.2 Å². The van der Waals surface area contributed by atoms with E-state index in [0.717, 1.165) is 12.8 Å². The Morgan fingerprint density at radius 3 is 2.14 bits per heavy atom. The highest BCUT2D eigenvalue weighted by molar-refractivity contribution is 5.94. The van der Waals surface area contributed by atoms with Crippen LogP contribution in [0.1, 0.15) is 54.6 Å². The molecule has 5 rings (SSSR count). The number of hydrogen-bond acceptors (Lipinski definition) is 8. The predicted octanol–water partition coefficient (Wildman–Crippen LogP) is 5.04. The molecule has 3 aromatic rings. The van der Waals surface area contributed by atoms with Gasteiger partial charge in [0.2, 0.25) is 11.9 Å². The number of halogens is 6. The van der Waals surface area contributed by atoms with Crippen LogP contribution in [0.25, 0.3) is 11.0 Å². The van der Waals surface area contributed by atoms with Gasteiger partial charge in [0.05, 0.1) is 16.8 Å². The van der Waals surface area contributed by atoms with E-state index in [1.165, 1.54) is 22.1 Å². The molecule has 1 aliphatic heterocycles. The number of rotatable bonds is 7. The monoisotopic (exact) mass is 625 g/mol. The van der Waals surface area contributed by atoms with Gasteiger partial charge in [-0.2, -0.15) is 31.4 Å². The molecule has 1 saturated carbocycles. The fourth-order valence-corrected chi connectivity index (χ4v) is 5.44. The highest BCUT2D eigenvalue weighted by Gasteiger charge is 2.38. The molecule has 238 valence electrons. The summed E-state index contributed by atoms with van der Waals surface area (Å²) in [6.07, 6.45) is -8.08. The molecule has 1 aliphatic carbocycles. The number of hydrazone groups is 1. The van der Waals surface area contributed by atoms with Crippen LogP contribution in [0.2, 0.25) is 0 Å². The molecule has 2 aliphatic rings. The molecule has 0 unspecified atom stereocenters. The Hall–Kier alpha value is -4.08. The Balaban J connectivity index is 1.65. The lowest BCUT2D eigenvalue weighted by molar-refractivity contribution is -0.143. The second-order valence-electron chi connectivity index (χ2n) is 11.3. The number of aryl methyl sites for hydroxylation is 2. The molecule has 2 aromatic heterocycles. The largest absolute Gasteiger partial charge is 0.416 e. The topological polar surface area (TPSA) is 85.1 Å². The Morgan fingerprint density at radius 2 is 1.64 bits per heavy atom. The molecule has 1 fully saturated rings. The highest BCUT2D eigenvalue weighted by Crippen LogP contribution is 2.39. The zero-order valence-corrected chi connectivity index (χ0v) is 25.0. The number of hydrazine groups is 2. The number of carbonyl (C=O) groups is 1. The minimum Gasteiger partial charge on any atom is -0.331 e. The number of nitrogens with one attached hydrogen (secondary N) is 1. The number of nitrogens with zero attached hydrogens (tertiary/aromatic N) is 8. The molecule has 10 nitrogen and oxygen atoms in total. The highest BCUT2D eigenvalue weighted by atomic mass is 19.4. The van der Waals surface area contributed by atoms with Crippen molar-refractivity contribution in [2.75, 3.05) is 19.0 Å². The Kier molecular flexibility index (Phi) is 7.93. The number of fused-ring (bicyclic) bond motifs is 1. The number of alkyl halides is 6. The molecule has 44 heavy (non-hydrogen) atoms. The third kappa shape index (κ3) is 6.25. The maximum absolute atomic E-state index is 13.7. The van der Waals surface area contributed by atoms with Gasteiger partial charge in [0.1, 0.15) is 5.82 Å². The first kappa shape index (κ1) is 31.3. The fraction of sp³-hybridized carbons (Fsp3) is 0.500. The van der Waals surface area contributed by atoms with Crippen LogP contribution in [0.4, 0.5) is 32.2 Å². The lowest BCUT2D eigenvalue weighted by atomic mass is 10.0. The molecular formula is C28H33F6N9O. The normalized spacial score (nSPS) is 16.7. The van der Waals surface area contributed by atoms with E-state index in [1.807, 2.05) is 13.0 Å². The number of anilines is 1. The molecule has 0 saturated heterocycles. The number of carbonyl (C=O) groups excluding carboxylic acids is 1. The van der Waals surface area contributed by atoms with Crippen LogP contribution < -0.4 is 10.3 Å². The van der Waals surface area contributed by atoms with Crippen molar-refractivity contribution in [1.82, 2.24) is 35.3 Å². The molecule has 0 bridgehead atoms. The second kappa shape index (κ2) is 11.1. The van der Waals surface area contributed by atoms with Gasteiger partial charge in [0.25, 0.3) is 0 Å². The van der Waals surface area contributed by atoms with Gasteiger partial charge in [-0.25, -0.2) is 10.1 Å². The summed E-state index contributed by atoms with van der Waals surface area (Å²) in [5, 5.41) is 12.5. The smallest absolute Gasteiger partial charge is 0.331 e. The molecule has 1 N–H and O–H groups in total. The number of pyridine rings is 1. The van der Waals surface area contributed by atoms with Crippen molar-refractivity contribution >= 4 is 28.7 Å². The van der Waals surface area contributed by atoms with Crippen molar-refractivity contribution in [3.63, 3.8) is 0 Å². The second-order valence-corrected chi connectivity index (χ2v) is 11.3. The van der Waals surface area contributed by atoms with Gasteiger partial charge in [-0.3, -0.25) is 19.8 Å². The van der Waals surface area contributed by atoms with Crippen molar-refractivity contribution in [2.24, 2.45) is 18.1 Å². The van der Waals surface area contributed by atoms with E-state index in [1.54, 1.807) is 37.6 Å².